The van der Waals surface area contributed by atoms with Gasteiger partial charge >= 0.3 is 0 Å². The predicted molar refractivity (Wildman–Crippen MR) is 106 cm³/mol. The number of anilines is 1. The SMILES string of the molecule is C=C(Nc1cc(C(=C)C)ccc1CCCC)/C(C)=C/C=C(C)C. The molecule has 1 N–H and O–H groups in total. The van der Waals surface area contributed by atoms with Gasteiger partial charge < -0.3 is 5.32 Å². The van der Waals surface area contributed by atoms with Gasteiger partial charge in [0.05, 0.1) is 0 Å². The van der Waals surface area contributed by atoms with Crippen LogP contribution in [0.1, 0.15) is 58.6 Å². The lowest BCUT2D eigenvalue weighted by molar-refractivity contribution is 0.796. The van der Waals surface area contributed by atoms with Gasteiger partial charge in [-0.1, -0.05) is 61.9 Å². The molecule has 0 bridgehead atoms. The maximum Gasteiger partial charge on any atom is 0.0422 e. The number of aryl methyl sites for hydroxylation is 1. The van der Waals surface area contributed by atoms with Crippen molar-refractivity contribution in [3.05, 3.63) is 71.5 Å². The Morgan fingerprint density at radius 3 is 2.35 bits per heavy atom. The van der Waals surface area contributed by atoms with Crippen LogP contribution >= 0.6 is 0 Å². The normalized spacial score (nSPS) is 11.1. The van der Waals surface area contributed by atoms with Gasteiger partial charge in [0.25, 0.3) is 0 Å². The zero-order chi connectivity index (χ0) is 17.4. The molecule has 0 aromatic heterocycles. The van der Waals surface area contributed by atoms with Gasteiger partial charge in [-0.15, -0.1) is 0 Å². The molecule has 1 rings (SSSR count). The molecule has 0 saturated heterocycles. The molecular formula is C22H31N. The van der Waals surface area contributed by atoms with Crippen molar-refractivity contribution in [3.8, 4) is 0 Å². The lowest BCUT2D eigenvalue weighted by atomic mass is 10.0. The number of hydrogen-bond acceptors (Lipinski definition) is 1. The number of nitrogens with one attached hydrogen (secondary N) is 1. The Kier molecular flexibility index (Phi) is 7.61. The van der Waals surface area contributed by atoms with Crippen molar-refractivity contribution in [2.24, 2.45) is 0 Å². The Bertz CT molecular complexity index is 625. The monoisotopic (exact) mass is 309 g/mol. The molecule has 0 aliphatic rings. The van der Waals surface area contributed by atoms with E-state index in [9.17, 15) is 0 Å². The zero-order valence-corrected chi connectivity index (χ0v) is 15.4. The average Bonchev–Trinajstić information content (AvgIpc) is 2.50. The summed E-state index contributed by atoms with van der Waals surface area (Å²) in [5.41, 5.74) is 8.11. The van der Waals surface area contributed by atoms with Crippen molar-refractivity contribution in [1.82, 2.24) is 0 Å². The van der Waals surface area contributed by atoms with Gasteiger partial charge in [0.2, 0.25) is 0 Å². The number of unbranched alkanes of at least 4 members (excludes halogenated alkanes) is 1. The van der Waals surface area contributed by atoms with Gasteiger partial charge in [-0.3, -0.25) is 0 Å². The first-order valence-electron chi connectivity index (χ1n) is 8.42. The van der Waals surface area contributed by atoms with Crippen LogP contribution in [0.4, 0.5) is 5.69 Å². The molecule has 1 aromatic rings. The number of rotatable bonds is 8. The summed E-state index contributed by atoms with van der Waals surface area (Å²) in [6.45, 7) is 18.8. The first-order valence-corrected chi connectivity index (χ1v) is 8.42. The molecule has 1 heteroatoms. The topological polar surface area (TPSA) is 12.0 Å². The molecule has 1 aromatic carbocycles. The lowest BCUT2D eigenvalue weighted by Crippen LogP contribution is -2.03. The molecular weight excluding hydrogens is 278 g/mol. The van der Waals surface area contributed by atoms with Crippen molar-refractivity contribution >= 4 is 11.3 Å². The molecule has 0 unspecified atom stereocenters. The average molecular weight is 309 g/mol. The van der Waals surface area contributed by atoms with Crippen LogP contribution in [0, 0.1) is 0 Å². The third kappa shape index (κ3) is 6.32. The maximum atomic E-state index is 4.19. The second-order valence-electron chi connectivity index (χ2n) is 6.45. The summed E-state index contributed by atoms with van der Waals surface area (Å²) in [6.07, 6.45) is 7.70. The summed E-state index contributed by atoms with van der Waals surface area (Å²) in [5.74, 6) is 0. The second kappa shape index (κ2) is 9.19. The van der Waals surface area contributed by atoms with Crippen LogP contribution in [0.2, 0.25) is 0 Å². The summed E-state index contributed by atoms with van der Waals surface area (Å²) < 4.78 is 0. The van der Waals surface area contributed by atoms with Crippen molar-refractivity contribution in [2.75, 3.05) is 5.32 Å². The van der Waals surface area contributed by atoms with Crippen LogP contribution in [-0.4, -0.2) is 0 Å². The summed E-state index contributed by atoms with van der Waals surface area (Å²) in [5, 5.41) is 3.51. The Morgan fingerprint density at radius 2 is 1.78 bits per heavy atom. The highest BCUT2D eigenvalue weighted by Gasteiger charge is 2.06. The minimum absolute atomic E-state index is 0.944. The van der Waals surface area contributed by atoms with E-state index in [0.717, 1.165) is 29.0 Å². The van der Waals surface area contributed by atoms with E-state index in [1.807, 2.05) is 6.92 Å². The van der Waals surface area contributed by atoms with Gasteiger partial charge in [-0.2, -0.15) is 0 Å². The van der Waals surface area contributed by atoms with E-state index in [4.69, 9.17) is 0 Å². The van der Waals surface area contributed by atoms with E-state index in [2.05, 4.69) is 76.5 Å². The molecule has 0 aliphatic heterocycles. The molecule has 0 aliphatic carbocycles. The molecule has 0 saturated carbocycles. The van der Waals surface area contributed by atoms with E-state index < -0.39 is 0 Å². The Hall–Kier alpha value is -2.02. The molecule has 23 heavy (non-hydrogen) atoms. The minimum atomic E-state index is 0.944. The van der Waals surface area contributed by atoms with Crippen LogP contribution in [-0.2, 0) is 6.42 Å². The number of allylic oxidation sites excluding steroid dienone is 5. The van der Waals surface area contributed by atoms with Crippen molar-refractivity contribution in [2.45, 2.75) is 53.9 Å². The summed E-state index contributed by atoms with van der Waals surface area (Å²) in [6, 6.07) is 6.56. The van der Waals surface area contributed by atoms with E-state index >= 15 is 0 Å². The molecule has 124 valence electrons. The fourth-order valence-electron chi connectivity index (χ4n) is 2.20. The Morgan fingerprint density at radius 1 is 1.09 bits per heavy atom. The quantitative estimate of drug-likeness (QED) is 0.515. The van der Waals surface area contributed by atoms with E-state index in [1.54, 1.807) is 0 Å². The first kappa shape index (κ1) is 19.0. The van der Waals surface area contributed by atoms with E-state index in [1.165, 1.54) is 29.5 Å². The van der Waals surface area contributed by atoms with Gasteiger partial charge in [-0.05, 0) is 63.3 Å². The Labute approximate surface area is 142 Å². The van der Waals surface area contributed by atoms with Crippen molar-refractivity contribution in [3.63, 3.8) is 0 Å². The Balaban J connectivity index is 3.05. The van der Waals surface area contributed by atoms with Gasteiger partial charge in [0.15, 0.2) is 0 Å². The molecule has 1 nitrogen and oxygen atoms in total. The first-order chi connectivity index (χ1) is 10.8. The van der Waals surface area contributed by atoms with Crippen molar-refractivity contribution < 1.29 is 0 Å². The van der Waals surface area contributed by atoms with Crippen molar-refractivity contribution in [1.29, 1.82) is 0 Å². The van der Waals surface area contributed by atoms with Crippen LogP contribution < -0.4 is 5.32 Å². The summed E-state index contributed by atoms with van der Waals surface area (Å²) in [4.78, 5) is 0. The number of benzene rings is 1. The van der Waals surface area contributed by atoms with Gasteiger partial charge in [0.1, 0.15) is 0 Å². The smallest absolute Gasteiger partial charge is 0.0422 e. The minimum Gasteiger partial charge on any atom is -0.356 e. The predicted octanol–water partition coefficient (Wildman–Crippen LogP) is 6.90. The molecule has 0 heterocycles. The fraction of sp³-hybridized carbons (Fsp3) is 0.364. The van der Waals surface area contributed by atoms with Gasteiger partial charge in [0, 0.05) is 11.4 Å². The molecule has 0 amide bonds. The largest absolute Gasteiger partial charge is 0.356 e. The fourth-order valence-corrected chi connectivity index (χ4v) is 2.20. The van der Waals surface area contributed by atoms with E-state index in [0.29, 0.717) is 0 Å². The highest BCUT2D eigenvalue weighted by molar-refractivity contribution is 5.69. The van der Waals surface area contributed by atoms with Crippen LogP contribution in [0.3, 0.4) is 0 Å². The maximum absolute atomic E-state index is 4.19. The third-order valence-electron chi connectivity index (χ3n) is 3.83. The zero-order valence-electron chi connectivity index (χ0n) is 15.4. The van der Waals surface area contributed by atoms with Gasteiger partial charge in [-0.25, -0.2) is 0 Å². The molecule has 0 spiro atoms. The highest BCUT2D eigenvalue weighted by Crippen LogP contribution is 2.25. The van der Waals surface area contributed by atoms with Crippen LogP contribution in [0.25, 0.3) is 5.57 Å². The van der Waals surface area contributed by atoms with Crippen LogP contribution in [0.5, 0.6) is 0 Å². The number of hydrogen-bond donors (Lipinski definition) is 1. The molecule has 0 atom stereocenters. The summed E-state index contributed by atoms with van der Waals surface area (Å²) >= 11 is 0. The third-order valence-corrected chi connectivity index (χ3v) is 3.83. The lowest BCUT2D eigenvalue weighted by Gasteiger charge is -2.16. The van der Waals surface area contributed by atoms with E-state index in [-0.39, 0.29) is 0 Å². The molecule has 0 radical (unpaired) electrons. The highest BCUT2D eigenvalue weighted by atomic mass is 14.9. The standard InChI is InChI=1S/C22H31N/c1-8-9-10-20-13-14-21(17(4)5)15-22(20)23-19(7)18(6)12-11-16(2)3/h11-15,23H,4,7-10H2,1-3,5-6H3/b18-12+. The van der Waals surface area contributed by atoms with Crippen LogP contribution in [0.15, 0.2) is 60.4 Å². The molecule has 0 fully saturated rings. The second-order valence-corrected chi connectivity index (χ2v) is 6.45. The summed E-state index contributed by atoms with van der Waals surface area (Å²) in [7, 11) is 0.